The number of aromatic nitrogens is 3. The number of fused-ring (bicyclic) bond motifs is 5. The van der Waals surface area contributed by atoms with Gasteiger partial charge in [0.2, 0.25) is 0 Å². The molecule has 0 saturated carbocycles. The molecule has 0 atom stereocenters. The average molecular weight is 764 g/mol. The first-order chi connectivity index (χ1) is 28.9. The van der Waals surface area contributed by atoms with Crippen LogP contribution in [0.15, 0.2) is 176 Å². The highest BCUT2D eigenvalue weighted by Crippen LogP contribution is 2.39. The van der Waals surface area contributed by atoms with Gasteiger partial charge in [0.1, 0.15) is 34.5 Å². The van der Waals surface area contributed by atoms with E-state index in [1.807, 2.05) is 60.8 Å². The van der Waals surface area contributed by atoms with Gasteiger partial charge < -0.3 is 14.2 Å². The molecule has 7 aromatic carbocycles. The van der Waals surface area contributed by atoms with Crippen LogP contribution in [0.2, 0.25) is 0 Å². The number of rotatable bonds is 6. The SMILES string of the molecule is CC(C)(C)c1ccnc(-c2cccc(-c3ccccc3-[n+]3[c-]n(-c4cccc(Oc5cc6c7c(c5)Oc5ccccc5B7c5ccccc5O6)c4)c4ccccc43)c2)c1. The van der Waals surface area contributed by atoms with Gasteiger partial charge in [-0.25, -0.2) is 0 Å². The maximum absolute atomic E-state index is 6.64. The Bertz CT molecular complexity index is 3040. The Hall–Kier alpha value is -7.38. The smallest absolute Gasteiger partial charge is 0.269 e. The van der Waals surface area contributed by atoms with Crippen LogP contribution in [0.4, 0.5) is 0 Å². The summed E-state index contributed by atoms with van der Waals surface area (Å²) in [6.07, 6.45) is 5.62. The van der Waals surface area contributed by atoms with E-state index in [-0.39, 0.29) is 12.1 Å². The summed E-state index contributed by atoms with van der Waals surface area (Å²) in [6.45, 7) is 6.70. The number of para-hydroxylation sites is 5. The van der Waals surface area contributed by atoms with E-state index in [4.69, 9.17) is 19.2 Å². The van der Waals surface area contributed by atoms with Crippen molar-refractivity contribution in [2.24, 2.45) is 0 Å². The molecule has 0 spiro atoms. The number of hydrogen-bond donors (Lipinski definition) is 0. The Balaban J connectivity index is 0.955. The van der Waals surface area contributed by atoms with Crippen LogP contribution in [0.3, 0.4) is 0 Å². The molecule has 0 aliphatic carbocycles. The number of ether oxygens (including phenoxy) is 3. The fraction of sp³-hybridized carbons (Fsp3) is 0.0769. The van der Waals surface area contributed by atoms with Crippen molar-refractivity contribution in [1.29, 1.82) is 0 Å². The largest absolute Gasteiger partial charge is 0.458 e. The molecular formula is C52H38BN3O3. The Morgan fingerprint density at radius 2 is 1.29 bits per heavy atom. The summed E-state index contributed by atoms with van der Waals surface area (Å²) in [7, 11) is 0. The zero-order chi connectivity index (χ0) is 39.7. The summed E-state index contributed by atoms with van der Waals surface area (Å²) in [5, 5.41) is 0. The highest BCUT2D eigenvalue weighted by atomic mass is 16.5. The van der Waals surface area contributed by atoms with E-state index in [2.05, 4.69) is 151 Å². The lowest BCUT2D eigenvalue weighted by molar-refractivity contribution is -0.571. The third-order valence-electron chi connectivity index (χ3n) is 11.4. The van der Waals surface area contributed by atoms with E-state index in [9.17, 15) is 0 Å². The molecule has 0 fully saturated rings. The van der Waals surface area contributed by atoms with Crippen LogP contribution < -0.4 is 35.2 Å². The molecule has 59 heavy (non-hydrogen) atoms. The number of nitrogens with zero attached hydrogens (tertiary/aromatic N) is 3. The van der Waals surface area contributed by atoms with Gasteiger partial charge in [0.15, 0.2) is 0 Å². The maximum Gasteiger partial charge on any atom is 0.269 e. The molecule has 0 bridgehead atoms. The van der Waals surface area contributed by atoms with Gasteiger partial charge in [-0.15, -0.1) is 0 Å². The van der Waals surface area contributed by atoms with Crippen LogP contribution in [0.1, 0.15) is 26.3 Å². The first-order valence-corrected chi connectivity index (χ1v) is 20.0. The molecule has 0 amide bonds. The lowest BCUT2D eigenvalue weighted by atomic mass is 9.35. The van der Waals surface area contributed by atoms with E-state index < -0.39 is 0 Å². The van der Waals surface area contributed by atoms with Crippen LogP contribution in [-0.4, -0.2) is 16.3 Å². The second kappa shape index (κ2) is 13.6. The van der Waals surface area contributed by atoms with Crippen LogP contribution in [0.5, 0.6) is 34.5 Å². The van der Waals surface area contributed by atoms with Crippen LogP contribution in [-0.2, 0) is 5.41 Å². The topological polar surface area (TPSA) is 49.4 Å². The van der Waals surface area contributed by atoms with Crippen molar-refractivity contribution in [2.45, 2.75) is 26.2 Å². The molecule has 0 saturated heterocycles. The van der Waals surface area contributed by atoms with E-state index in [0.717, 1.165) is 84.2 Å². The third-order valence-corrected chi connectivity index (χ3v) is 11.4. The van der Waals surface area contributed by atoms with Gasteiger partial charge in [0.05, 0.1) is 28.1 Å². The Labute approximate surface area is 343 Å². The minimum Gasteiger partial charge on any atom is -0.458 e. The number of benzene rings is 7. The standard InChI is InChI=1S/C52H38BN3O3/c1-52(2,3)36-26-27-54-43(29-36)35-15-12-14-34(28-35)40-18-4-7-21-44(40)56-33-55(45-22-8-9-23-46(45)56)37-16-13-17-38(30-37)57-39-31-49-51-50(32-39)59-48-25-11-6-20-42(48)53(51)41-19-5-10-24-47(41)58-49/h4-32H,1-3H3. The molecule has 282 valence electrons. The molecule has 0 unspecified atom stereocenters. The minimum absolute atomic E-state index is 0.00752. The van der Waals surface area contributed by atoms with E-state index in [0.29, 0.717) is 11.5 Å². The maximum atomic E-state index is 6.64. The van der Waals surface area contributed by atoms with Crippen molar-refractivity contribution in [3.05, 3.63) is 188 Å². The van der Waals surface area contributed by atoms with Gasteiger partial charge >= 0.3 is 0 Å². The van der Waals surface area contributed by atoms with Gasteiger partial charge in [-0.05, 0) is 87.6 Å². The molecular weight excluding hydrogens is 725 g/mol. The quantitative estimate of drug-likeness (QED) is 0.0962. The third kappa shape index (κ3) is 6.05. The lowest BCUT2D eigenvalue weighted by Gasteiger charge is -2.33. The van der Waals surface area contributed by atoms with E-state index >= 15 is 0 Å². The van der Waals surface area contributed by atoms with E-state index in [1.165, 1.54) is 5.56 Å². The molecule has 6 nitrogen and oxygen atoms in total. The van der Waals surface area contributed by atoms with Crippen molar-refractivity contribution < 1.29 is 18.8 Å². The number of hydrogen-bond acceptors (Lipinski definition) is 4. The predicted octanol–water partition coefficient (Wildman–Crippen LogP) is 10.3. The second-order valence-electron chi connectivity index (χ2n) is 16.2. The minimum atomic E-state index is 0.00752. The molecule has 11 rings (SSSR count). The molecule has 2 aromatic heterocycles. The summed E-state index contributed by atoms with van der Waals surface area (Å²) in [6, 6.07) is 58.4. The second-order valence-corrected chi connectivity index (χ2v) is 16.2. The molecule has 9 aromatic rings. The molecule has 0 N–H and O–H groups in total. The fourth-order valence-electron chi connectivity index (χ4n) is 8.50. The van der Waals surface area contributed by atoms with Gasteiger partial charge in [-0.1, -0.05) is 124 Å². The highest BCUT2D eigenvalue weighted by Gasteiger charge is 2.40. The highest BCUT2D eigenvalue weighted by molar-refractivity contribution is 6.98. The van der Waals surface area contributed by atoms with Crippen molar-refractivity contribution in [1.82, 2.24) is 9.55 Å². The molecule has 0 radical (unpaired) electrons. The summed E-state index contributed by atoms with van der Waals surface area (Å²) in [4.78, 5) is 4.76. The van der Waals surface area contributed by atoms with Gasteiger partial charge in [0.25, 0.3) is 13.0 Å². The summed E-state index contributed by atoms with van der Waals surface area (Å²) in [5.41, 5.74) is 12.8. The number of pyridine rings is 1. The molecule has 7 heteroatoms. The van der Waals surface area contributed by atoms with Crippen molar-refractivity contribution >= 4 is 34.1 Å². The molecule has 2 aliphatic heterocycles. The Morgan fingerprint density at radius 3 is 2.07 bits per heavy atom. The Kier molecular flexibility index (Phi) is 8.05. The van der Waals surface area contributed by atoms with Crippen LogP contribution in [0.25, 0.3) is 44.8 Å². The predicted molar refractivity (Wildman–Crippen MR) is 235 cm³/mol. The summed E-state index contributed by atoms with van der Waals surface area (Å²) >= 11 is 0. The Morgan fingerprint density at radius 1 is 0.610 bits per heavy atom. The summed E-state index contributed by atoms with van der Waals surface area (Å²) < 4.78 is 23.9. The molecule has 4 heterocycles. The monoisotopic (exact) mass is 763 g/mol. The van der Waals surface area contributed by atoms with Gasteiger partial charge in [-0.2, -0.15) is 0 Å². The normalized spacial score (nSPS) is 12.6. The fourth-order valence-corrected chi connectivity index (χ4v) is 8.50. The van der Waals surface area contributed by atoms with Crippen LogP contribution in [0, 0.1) is 6.33 Å². The van der Waals surface area contributed by atoms with Gasteiger partial charge in [-0.3, -0.25) is 14.1 Å². The average Bonchev–Trinajstić information content (AvgIpc) is 3.66. The number of imidazole rings is 1. The first kappa shape index (κ1) is 34.8. The van der Waals surface area contributed by atoms with Gasteiger partial charge in [0, 0.05) is 29.4 Å². The first-order valence-electron chi connectivity index (χ1n) is 20.0. The van der Waals surface area contributed by atoms with Crippen molar-refractivity contribution in [3.8, 4) is 68.3 Å². The zero-order valence-electron chi connectivity index (χ0n) is 32.9. The zero-order valence-corrected chi connectivity index (χ0v) is 32.9. The van der Waals surface area contributed by atoms with Crippen LogP contribution >= 0.6 is 0 Å². The molecule has 2 aliphatic rings. The van der Waals surface area contributed by atoms with Crippen molar-refractivity contribution in [2.75, 3.05) is 0 Å². The lowest BCUT2D eigenvalue weighted by Crippen LogP contribution is -2.57. The summed E-state index contributed by atoms with van der Waals surface area (Å²) in [5.74, 6) is 4.45. The van der Waals surface area contributed by atoms with Crippen molar-refractivity contribution in [3.63, 3.8) is 0 Å². The van der Waals surface area contributed by atoms with E-state index in [1.54, 1.807) is 0 Å².